The summed E-state index contributed by atoms with van der Waals surface area (Å²) in [6.45, 7) is 3.86. The van der Waals surface area contributed by atoms with Crippen LogP contribution in [0.25, 0.3) is 0 Å². The molecule has 0 aliphatic carbocycles. The van der Waals surface area contributed by atoms with Crippen LogP contribution in [0, 0.1) is 13.8 Å². The van der Waals surface area contributed by atoms with Crippen LogP contribution in [0.4, 0.5) is 0 Å². The van der Waals surface area contributed by atoms with Crippen LogP contribution in [0.5, 0.6) is 0 Å². The number of rotatable bonds is 6. The molecular weight excluding hydrogens is 360 g/mol. The van der Waals surface area contributed by atoms with Gasteiger partial charge in [0, 0.05) is 13.5 Å². The first-order valence-corrected chi connectivity index (χ1v) is 9.16. The van der Waals surface area contributed by atoms with E-state index in [0.717, 1.165) is 11.1 Å². The van der Waals surface area contributed by atoms with E-state index < -0.39 is 30.4 Å². The van der Waals surface area contributed by atoms with E-state index in [4.69, 9.17) is 18.9 Å². The molecule has 0 radical (unpaired) electrons. The van der Waals surface area contributed by atoms with Crippen molar-refractivity contribution in [3.05, 3.63) is 70.8 Å². The second kappa shape index (κ2) is 8.99. The Bertz CT molecular complexity index is 812. The van der Waals surface area contributed by atoms with Gasteiger partial charge in [-0.2, -0.15) is 0 Å². The number of ether oxygens (including phenoxy) is 4. The molecule has 1 fully saturated rings. The minimum absolute atomic E-state index is 0.0294. The van der Waals surface area contributed by atoms with E-state index in [-0.39, 0.29) is 6.61 Å². The normalized spacial score (nSPS) is 21.3. The monoisotopic (exact) mass is 384 g/mol. The van der Waals surface area contributed by atoms with E-state index in [0.29, 0.717) is 17.5 Å². The molecule has 1 aliphatic heterocycles. The van der Waals surface area contributed by atoms with Gasteiger partial charge in [0.15, 0.2) is 6.29 Å². The number of carbonyl (C=O) groups is 2. The number of hydrogen-bond acceptors (Lipinski definition) is 6. The zero-order valence-corrected chi connectivity index (χ0v) is 16.2. The van der Waals surface area contributed by atoms with E-state index >= 15 is 0 Å². The smallest absolute Gasteiger partial charge is 0.338 e. The maximum Gasteiger partial charge on any atom is 0.338 e. The third-order valence-corrected chi connectivity index (χ3v) is 4.64. The van der Waals surface area contributed by atoms with Gasteiger partial charge in [0.25, 0.3) is 0 Å². The molecule has 1 heterocycles. The molecule has 2 aromatic carbocycles. The molecule has 0 amide bonds. The fraction of sp³-hybridized carbons (Fsp3) is 0.364. The van der Waals surface area contributed by atoms with Gasteiger partial charge in [0.2, 0.25) is 0 Å². The van der Waals surface area contributed by atoms with Crippen LogP contribution in [0.15, 0.2) is 48.5 Å². The third kappa shape index (κ3) is 4.97. The molecular formula is C22H24O6. The fourth-order valence-corrected chi connectivity index (χ4v) is 2.93. The summed E-state index contributed by atoms with van der Waals surface area (Å²) in [4.78, 5) is 24.6. The van der Waals surface area contributed by atoms with Gasteiger partial charge >= 0.3 is 11.9 Å². The van der Waals surface area contributed by atoms with Gasteiger partial charge in [-0.1, -0.05) is 35.4 Å². The maximum absolute atomic E-state index is 12.4. The van der Waals surface area contributed by atoms with Gasteiger partial charge in [0.1, 0.15) is 18.8 Å². The average Bonchev–Trinajstić information content (AvgIpc) is 3.09. The lowest BCUT2D eigenvalue weighted by atomic mass is 10.1. The zero-order chi connectivity index (χ0) is 20.1. The highest BCUT2D eigenvalue weighted by Gasteiger charge is 2.39. The second-order valence-electron chi connectivity index (χ2n) is 6.85. The minimum Gasteiger partial charge on any atom is -0.459 e. The highest BCUT2D eigenvalue weighted by molar-refractivity contribution is 5.90. The van der Waals surface area contributed by atoms with Crippen LogP contribution in [-0.2, 0) is 18.9 Å². The van der Waals surface area contributed by atoms with Crippen LogP contribution < -0.4 is 0 Å². The van der Waals surface area contributed by atoms with Crippen molar-refractivity contribution >= 4 is 11.9 Å². The molecule has 3 atom stereocenters. The summed E-state index contributed by atoms with van der Waals surface area (Å²) in [6.07, 6.45) is -1.29. The average molecular weight is 384 g/mol. The Hall–Kier alpha value is -2.70. The fourth-order valence-electron chi connectivity index (χ4n) is 2.93. The topological polar surface area (TPSA) is 71.1 Å². The molecule has 6 heteroatoms. The lowest BCUT2D eigenvalue weighted by Crippen LogP contribution is -2.32. The van der Waals surface area contributed by atoms with Crippen LogP contribution in [0.1, 0.15) is 38.3 Å². The molecule has 28 heavy (non-hydrogen) atoms. The third-order valence-electron chi connectivity index (χ3n) is 4.64. The number of methoxy groups -OCH3 is 1. The number of hydrogen-bond donors (Lipinski definition) is 0. The molecule has 0 unspecified atom stereocenters. The molecule has 0 aromatic heterocycles. The Balaban J connectivity index is 1.61. The Labute approximate surface area is 164 Å². The van der Waals surface area contributed by atoms with Gasteiger partial charge < -0.3 is 18.9 Å². The summed E-state index contributed by atoms with van der Waals surface area (Å²) >= 11 is 0. The number of carbonyl (C=O) groups excluding carboxylic acids is 2. The van der Waals surface area contributed by atoms with Crippen LogP contribution >= 0.6 is 0 Å². The van der Waals surface area contributed by atoms with Crippen molar-refractivity contribution in [1.82, 2.24) is 0 Å². The summed E-state index contributed by atoms with van der Waals surface area (Å²) in [7, 11) is 1.52. The molecule has 2 aromatic rings. The van der Waals surface area contributed by atoms with Crippen LogP contribution in [-0.4, -0.2) is 44.2 Å². The summed E-state index contributed by atoms with van der Waals surface area (Å²) < 4.78 is 21.9. The zero-order valence-electron chi connectivity index (χ0n) is 16.2. The second-order valence-corrected chi connectivity index (χ2v) is 6.85. The van der Waals surface area contributed by atoms with Crippen LogP contribution in [0.2, 0.25) is 0 Å². The van der Waals surface area contributed by atoms with E-state index in [9.17, 15) is 9.59 Å². The first-order valence-electron chi connectivity index (χ1n) is 9.16. The standard InChI is InChI=1S/C22H24O6/c1-14-4-8-16(9-5-14)21(23)26-13-19-18(12-20(25-3)27-19)28-22(24)17-10-6-15(2)7-11-17/h4-11,18-20H,12-13H2,1-3H3/t18-,19-,20+/m0/s1. The molecule has 3 rings (SSSR count). The first kappa shape index (κ1) is 20.0. The van der Waals surface area contributed by atoms with Gasteiger partial charge in [-0.25, -0.2) is 9.59 Å². The largest absolute Gasteiger partial charge is 0.459 e. The van der Waals surface area contributed by atoms with Crippen molar-refractivity contribution in [2.24, 2.45) is 0 Å². The maximum atomic E-state index is 12.4. The van der Waals surface area contributed by atoms with Crippen molar-refractivity contribution in [1.29, 1.82) is 0 Å². The van der Waals surface area contributed by atoms with E-state index in [1.54, 1.807) is 24.3 Å². The summed E-state index contributed by atoms with van der Waals surface area (Å²) in [5.74, 6) is -0.895. The molecule has 0 bridgehead atoms. The Morgan fingerprint density at radius 3 is 2.00 bits per heavy atom. The molecule has 0 saturated carbocycles. The number of esters is 2. The quantitative estimate of drug-likeness (QED) is 0.711. The van der Waals surface area contributed by atoms with Crippen molar-refractivity contribution in [2.45, 2.75) is 38.8 Å². The SMILES string of the molecule is CO[C@H]1C[C@H](OC(=O)c2ccc(C)cc2)[C@H](COC(=O)c2ccc(C)cc2)O1. The molecule has 148 valence electrons. The minimum atomic E-state index is -0.589. The lowest BCUT2D eigenvalue weighted by Gasteiger charge is -2.19. The Kier molecular flexibility index (Phi) is 6.44. The van der Waals surface area contributed by atoms with Gasteiger partial charge in [-0.3, -0.25) is 0 Å². The van der Waals surface area contributed by atoms with E-state index in [2.05, 4.69) is 0 Å². The molecule has 1 aliphatic rings. The number of aryl methyl sites for hydroxylation is 2. The van der Waals surface area contributed by atoms with Gasteiger partial charge in [-0.05, 0) is 38.1 Å². The van der Waals surface area contributed by atoms with Gasteiger partial charge in [0.05, 0.1) is 11.1 Å². The van der Waals surface area contributed by atoms with Gasteiger partial charge in [-0.15, -0.1) is 0 Å². The molecule has 0 N–H and O–H groups in total. The summed E-state index contributed by atoms with van der Waals surface area (Å²) in [6, 6.07) is 14.2. The van der Waals surface area contributed by atoms with Crippen molar-refractivity contribution < 1.29 is 28.5 Å². The molecule has 0 spiro atoms. The Morgan fingerprint density at radius 2 is 1.46 bits per heavy atom. The highest BCUT2D eigenvalue weighted by atomic mass is 16.7. The van der Waals surface area contributed by atoms with Crippen molar-refractivity contribution in [2.75, 3.05) is 13.7 Å². The number of benzene rings is 2. The summed E-state index contributed by atoms with van der Waals surface area (Å²) in [5.41, 5.74) is 3.03. The molecule has 1 saturated heterocycles. The summed E-state index contributed by atoms with van der Waals surface area (Å²) in [5, 5.41) is 0. The lowest BCUT2D eigenvalue weighted by molar-refractivity contribution is -0.128. The Morgan fingerprint density at radius 1 is 0.929 bits per heavy atom. The van der Waals surface area contributed by atoms with Crippen LogP contribution in [0.3, 0.4) is 0 Å². The highest BCUT2D eigenvalue weighted by Crippen LogP contribution is 2.25. The van der Waals surface area contributed by atoms with E-state index in [1.807, 2.05) is 38.1 Å². The predicted octanol–water partition coefficient (Wildman–Crippen LogP) is 3.45. The van der Waals surface area contributed by atoms with Crippen molar-refractivity contribution in [3.63, 3.8) is 0 Å². The van der Waals surface area contributed by atoms with E-state index in [1.165, 1.54) is 7.11 Å². The van der Waals surface area contributed by atoms with Crippen molar-refractivity contribution in [3.8, 4) is 0 Å². The predicted molar refractivity (Wildman–Crippen MR) is 102 cm³/mol. The first-order chi connectivity index (χ1) is 13.5. The molecule has 6 nitrogen and oxygen atoms in total.